The van der Waals surface area contributed by atoms with Crippen LogP contribution in [0.5, 0.6) is 0 Å². The number of nitrogens with one attached hydrogen (secondary N) is 2. The molecule has 144 valence electrons. The predicted octanol–water partition coefficient (Wildman–Crippen LogP) is 3.90. The normalized spacial score (nSPS) is 10.5. The van der Waals surface area contributed by atoms with E-state index in [1.807, 2.05) is 24.3 Å². The fourth-order valence-electron chi connectivity index (χ4n) is 2.71. The fraction of sp³-hybridized carbons (Fsp3) is 0.190. The number of hydrogen-bond donors (Lipinski definition) is 2. The van der Waals surface area contributed by atoms with Crippen molar-refractivity contribution in [2.45, 2.75) is 12.8 Å². The Balaban J connectivity index is 1.49. The molecule has 3 aromatic rings. The molecule has 0 saturated carbocycles. The molecule has 5 nitrogen and oxygen atoms in total. The molecule has 0 fully saturated rings. The van der Waals surface area contributed by atoms with E-state index in [1.165, 1.54) is 12.4 Å². The van der Waals surface area contributed by atoms with E-state index in [0.717, 1.165) is 12.0 Å². The van der Waals surface area contributed by atoms with Crippen LogP contribution in [0.25, 0.3) is 0 Å². The van der Waals surface area contributed by atoms with Crippen LogP contribution in [0.4, 0.5) is 10.2 Å². The molecule has 2 N–H and O–H groups in total. The Kier molecular flexibility index (Phi) is 6.92. The Morgan fingerprint density at radius 2 is 1.86 bits per heavy atom. The summed E-state index contributed by atoms with van der Waals surface area (Å²) in [6.07, 6.45) is 2.52. The number of amides is 1. The van der Waals surface area contributed by atoms with Gasteiger partial charge in [0.15, 0.2) is 0 Å². The third kappa shape index (κ3) is 5.76. The van der Waals surface area contributed by atoms with Gasteiger partial charge in [-0.05, 0) is 42.2 Å². The van der Waals surface area contributed by atoms with Crippen molar-refractivity contribution >= 4 is 23.3 Å². The molecule has 0 saturated heterocycles. The molecule has 0 aliphatic rings. The van der Waals surface area contributed by atoms with E-state index in [1.54, 1.807) is 24.3 Å². The van der Waals surface area contributed by atoms with Gasteiger partial charge in [0.25, 0.3) is 5.91 Å². The number of carbonyl (C=O) groups is 1. The molecule has 0 spiro atoms. The Morgan fingerprint density at radius 3 is 2.68 bits per heavy atom. The molecule has 0 aliphatic heterocycles. The van der Waals surface area contributed by atoms with Crippen LogP contribution in [0, 0.1) is 5.82 Å². The number of carbonyl (C=O) groups excluding carboxylic acids is 1. The summed E-state index contributed by atoms with van der Waals surface area (Å²) in [6, 6.07) is 15.8. The van der Waals surface area contributed by atoms with Gasteiger partial charge >= 0.3 is 0 Å². The highest BCUT2D eigenvalue weighted by Crippen LogP contribution is 2.12. The highest BCUT2D eigenvalue weighted by molar-refractivity contribution is 6.30. The van der Waals surface area contributed by atoms with Gasteiger partial charge in [-0.2, -0.15) is 0 Å². The highest BCUT2D eigenvalue weighted by Gasteiger charge is 2.09. The molecule has 0 aliphatic carbocycles. The number of halogens is 2. The van der Waals surface area contributed by atoms with Gasteiger partial charge in [0, 0.05) is 24.2 Å². The average molecular weight is 399 g/mol. The first kappa shape index (κ1) is 19.8. The molecule has 28 heavy (non-hydrogen) atoms. The van der Waals surface area contributed by atoms with Crippen LogP contribution in [0.1, 0.15) is 21.6 Å². The second-order valence-corrected chi connectivity index (χ2v) is 6.63. The summed E-state index contributed by atoms with van der Waals surface area (Å²) in [4.78, 5) is 20.4. The van der Waals surface area contributed by atoms with Gasteiger partial charge in [0.05, 0.1) is 0 Å². The molecule has 2 aromatic carbocycles. The van der Waals surface area contributed by atoms with Crippen molar-refractivity contribution in [1.82, 2.24) is 15.3 Å². The number of aromatic nitrogens is 2. The topological polar surface area (TPSA) is 66.9 Å². The molecular formula is C21H20ClFN4O. The average Bonchev–Trinajstić information content (AvgIpc) is 2.70. The summed E-state index contributed by atoms with van der Waals surface area (Å²) in [7, 11) is 0. The van der Waals surface area contributed by atoms with Crippen molar-refractivity contribution in [2.75, 3.05) is 18.4 Å². The van der Waals surface area contributed by atoms with Crippen LogP contribution in [-0.4, -0.2) is 29.0 Å². The van der Waals surface area contributed by atoms with Crippen molar-refractivity contribution in [3.05, 3.63) is 88.6 Å². The summed E-state index contributed by atoms with van der Waals surface area (Å²) in [5.41, 5.74) is 1.93. The molecule has 0 radical (unpaired) electrons. The number of anilines is 1. The molecule has 0 unspecified atom stereocenters. The maximum Gasteiger partial charge on any atom is 0.270 e. The zero-order valence-corrected chi connectivity index (χ0v) is 15.9. The Morgan fingerprint density at radius 1 is 1.00 bits per heavy atom. The number of benzene rings is 2. The van der Waals surface area contributed by atoms with E-state index in [-0.39, 0.29) is 17.4 Å². The lowest BCUT2D eigenvalue weighted by atomic mass is 10.1. The van der Waals surface area contributed by atoms with E-state index in [0.29, 0.717) is 35.9 Å². The van der Waals surface area contributed by atoms with Crippen molar-refractivity contribution in [2.24, 2.45) is 0 Å². The molecule has 1 aromatic heterocycles. The third-order valence-corrected chi connectivity index (χ3v) is 4.38. The van der Waals surface area contributed by atoms with Gasteiger partial charge in [-0.1, -0.05) is 41.9 Å². The summed E-state index contributed by atoms with van der Waals surface area (Å²) in [5.74, 6) is -0.0297. The molecule has 0 bridgehead atoms. The quantitative estimate of drug-likeness (QED) is 0.604. The summed E-state index contributed by atoms with van der Waals surface area (Å²) < 4.78 is 13.6. The fourth-order valence-corrected chi connectivity index (χ4v) is 2.92. The van der Waals surface area contributed by atoms with E-state index in [2.05, 4.69) is 20.6 Å². The molecule has 0 atom stereocenters. The Bertz CT molecular complexity index is 951. The first-order chi connectivity index (χ1) is 13.6. The maximum absolute atomic E-state index is 13.6. The monoisotopic (exact) mass is 398 g/mol. The Hall–Kier alpha value is -2.99. The lowest BCUT2D eigenvalue weighted by molar-refractivity contribution is 0.0949. The van der Waals surface area contributed by atoms with Crippen LogP contribution in [0.3, 0.4) is 0 Å². The van der Waals surface area contributed by atoms with Crippen LogP contribution in [0.2, 0.25) is 5.02 Å². The second kappa shape index (κ2) is 9.80. The number of nitrogens with zero attached hydrogens (tertiary/aromatic N) is 2. The zero-order chi connectivity index (χ0) is 19.8. The summed E-state index contributed by atoms with van der Waals surface area (Å²) in [6.45, 7) is 0.965. The maximum atomic E-state index is 13.6. The van der Waals surface area contributed by atoms with Crippen molar-refractivity contribution < 1.29 is 9.18 Å². The lowest BCUT2D eigenvalue weighted by Gasteiger charge is -2.08. The molecule has 1 heterocycles. The third-order valence-electron chi connectivity index (χ3n) is 4.15. The molecule has 3 rings (SSSR count). The van der Waals surface area contributed by atoms with Crippen LogP contribution in [0.15, 0.2) is 60.9 Å². The first-order valence-electron chi connectivity index (χ1n) is 8.94. The van der Waals surface area contributed by atoms with Crippen LogP contribution >= 0.6 is 11.6 Å². The minimum Gasteiger partial charge on any atom is -0.370 e. The Labute approximate surface area is 168 Å². The SMILES string of the molecule is O=C(NCCc1ccccc1F)c1cc(NCCc2cccc(Cl)c2)ncn1. The second-order valence-electron chi connectivity index (χ2n) is 6.19. The molecule has 7 heteroatoms. The van der Waals surface area contributed by atoms with E-state index in [4.69, 9.17) is 11.6 Å². The zero-order valence-electron chi connectivity index (χ0n) is 15.2. The van der Waals surface area contributed by atoms with Gasteiger partial charge in [0.1, 0.15) is 23.7 Å². The van der Waals surface area contributed by atoms with Crippen molar-refractivity contribution in [3.8, 4) is 0 Å². The summed E-state index contributed by atoms with van der Waals surface area (Å²) >= 11 is 5.98. The van der Waals surface area contributed by atoms with Gasteiger partial charge in [-0.15, -0.1) is 0 Å². The predicted molar refractivity (Wildman–Crippen MR) is 108 cm³/mol. The summed E-state index contributed by atoms with van der Waals surface area (Å²) in [5, 5.41) is 6.63. The van der Waals surface area contributed by atoms with Gasteiger partial charge in [-0.3, -0.25) is 4.79 Å². The number of hydrogen-bond acceptors (Lipinski definition) is 4. The lowest BCUT2D eigenvalue weighted by Crippen LogP contribution is -2.27. The largest absolute Gasteiger partial charge is 0.370 e. The van der Waals surface area contributed by atoms with Crippen LogP contribution in [-0.2, 0) is 12.8 Å². The van der Waals surface area contributed by atoms with Crippen LogP contribution < -0.4 is 10.6 Å². The van der Waals surface area contributed by atoms with Crippen molar-refractivity contribution in [3.63, 3.8) is 0 Å². The van der Waals surface area contributed by atoms with E-state index < -0.39 is 0 Å². The van der Waals surface area contributed by atoms with Gasteiger partial charge in [0.2, 0.25) is 0 Å². The van der Waals surface area contributed by atoms with E-state index >= 15 is 0 Å². The smallest absolute Gasteiger partial charge is 0.270 e. The van der Waals surface area contributed by atoms with E-state index in [9.17, 15) is 9.18 Å². The van der Waals surface area contributed by atoms with Crippen molar-refractivity contribution in [1.29, 1.82) is 0 Å². The van der Waals surface area contributed by atoms with Gasteiger partial charge in [-0.25, -0.2) is 14.4 Å². The number of rotatable bonds is 8. The minimum absolute atomic E-state index is 0.258. The molecule has 1 amide bonds. The minimum atomic E-state index is -0.323. The molecular weight excluding hydrogens is 379 g/mol. The first-order valence-corrected chi connectivity index (χ1v) is 9.31. The highest BCUT2D eigenvalue weighted by atomic mass is 35.5. The van der Waals surface area contributed by atoms with Gasteiger partial charge < -0.3 is 10.6 Å². The standard InChI is InChI=1S/C21H20ClFN4O/c22-17-6-3-4-15(12-17)8-10-24-20-13-19(26-14-27-20)21(28)25-11-9-16-5-1-2-7-18(16)23/h1-7,12-14H,8-11H2,(H,25,28)(H,24,26,27).